The molecule has 220 valence electrons. The Bertz CT molecular complexity index is 1270. The molecule has 1 aliphatic heterocycles. The van der Waals surface area contributed by atoms with E-state index in [0.29, 0.717) is 13.0 Å². The average molecular weight is 585 g/mol. The topological polar surface area (TPSA) is 124 Å². The third kappa shape index (κ3) is 5.96. The zero-order chi connectivity index (χ0) is 30.2. The van der Waals surface area contributed by atoms with E-state index in [-0.39, 0.29) is 11.4 Å². The number of carbonyl (C=O) groups excluding carboxylic acids is 2. The van der Waals surface area contributed by atoms with E-state index >= 15 is 0 Å². The molecule has 0 bridgehead atoms. The number of pyridine rings is 1. The van der Waals surface area contributed by atoms with Crippen molar-refractivity contribution in [1.29, 1.82) is 0 Å². The summed E-state index contributed by atoms with van der Waals surface area (Å²) in [6.45, 7) is -1.24. The number of aromatic nitrogens is 1. The first-order chi connectivity index (χ1) is 18.4. The van der Waals surface area contributed by atoms with Crippen molar-refractivity contribution in [2.24, 2.45) is 17.6 Å². The largest absolute Gasteiger partial charge is 0.489 e. The third-order valence-corrected chi connectivity index (χ3v) is 6.76. The van der Waals surface area contributed by atoms with Crippen molar-refractivity contribution in [3.8, 4) is 5.75 Å². The molecular formula is C24H23F8N3O5. The lowest BCUT2D eigenvalue weighted by Gasteiger charge is -2.32. The van der Waals surface area contributed by atoms with Gasteiger partial charge in [0.15, 0.2) is 17.2 Å². The first-order valence-corrected chi connectivity index (χ1v) is 11.5. The van der Waals surface area contributed by atoms with Gasteiger partial charge in [0.1, 0.15) is 24.3 Å². The van der Waals surface area contributed by atoms with E-state index in [2.05, 4.69) is 10.3 Å². The second-order valence-corrected chi connectivity index (χ2v) is 9.25. The Balaban J connectivity index is 2.09. The van der Waals surface area contributed by atoms with Gasteiger partial charge in [-0.2, -0.15) is 30.7 Å². The summed E-state index contributed by atoms with van der Waals surface area (Å²) in [7, 11) is 0. The summed E-state index contributed by atoms with van der Waals surface area (Å²) in [4.78, 5) is 28.3. The standard InChI is InChI=1S/C24H23F8N3O5/c1-10-16(13-3-4-14(25)17(26)18(13)39-9-11(8-36)23(27,28)29)19(40-22(10,2)24(30,31)32)21(38)35-12-5-6-34-15(7-12)20(33)37/h3-7,10-11,16,19,36H,8-9H2,1-2H3,(H2,33,37)(H,34,35,38)/t10-,11-,16-,19+,22+/m0/s1. The van der Waals surface area contributed by atoms with Gasteiger partial charge in [0.2, 0.25) is 5.82 Å². The van der Waals surface area contributed by atoms with Crippen LogP contribution in [0.4, 0.5) is 40.8 Å². The Morgan fingerprint density at radius 1 is 1.20 bits per heavy atom. The van der Waals surface area contributed by atoms with Crippen LogP contribution in [0.15, 0.2) is 30.5 Å². The number of hydrogen-bond donors (Lipinski definition) is 3. The van der Waals surface area contributed by atoms with Crippen LogP contribution in [0, 0.1) is 23.5 Å². The molecule has 2 heterocycles. The van der Waals surface area contributed by atoms with Gasteiger partial charge >= 0.3 is 12.4 Å². The van der Waals surface area contributed by atoms with Crippen LogP contribution in [0.25, 0.3) is 0 Å². The molecule has 0 saturated carbocycles. The van der Waals surface area contributed by atoms with Gasteiger partial charge in [-0.1, -0.05) is 13.0 Å². The number of hydrogen-bond acceptors (Lipinski definition) is 6. The van der Waals surface area contributed by atoms with Gasteiger partial charge in [-0.05, 0) is 25.1 Å². The SMILES string of the molecule is C[C@H]1[C@@H](c2ccc(F)c(F)c2OC[C@H](CO)C(F)(F)F)[C@H](C(=O)Nc2ccnc(C(N)=O)c2)O[C@@]1(C)C(F)(F)F. The lowest BCUT2D eigenvalue weighted by Crippen LogP contribution is -2.47. The highest BCUT2D eigenvalue weighted by Gasteiger charge is 2.66. The monoisotopic (exact) mass is 585 g/mol. The Kier molecular flexibility index (Phi) is 8.65. The fourth-order valence-corrected chi connectivity index (χ4v) is 4.27. The summed E-state index contributed by atoms with van der Waals surface area (Å²) >= 11 is 0. The van der Waals surface area contributed by atoms with E-state index in [0.717, 1.165) is 25.3 Å². The molecule has 1 aromatic heterocycles. The maximum atomic E-state index is 14.9. The first kappa shape index (κ1) is 31.0. The van der Waals surface area contributed by atoms with Crippen LogP contribution >= 0.6 is 0 Å². The zero-order valence-electron chi connectivity index (χ0n) is 20.7. The van der Waals surface area contributed by atoms with Gasteiger partial charge in [0.25, 0.3) is 11.8 Å². The number of primary amides is 1. The molecule has 0 spiro atoms. The quantitative estimate of drug-likeness (QED) is 0.401. The average Bonchev–Trinajstić information content (AvgIpc) is 3.13. The molecule has 5 atom stereocenters. The number of aliphatic hydroxyl groups is 1. The fraction of sp³-hybridized carbons (Fsp3) is 0.458. The molecule has 1 aromatic carbocycles. The lowest BCUT2D eigenvalue weighted by molar-refractivity contribution is -0.272. The Hall–Kier alpha value is -3.53. The number of amides is 2. The summed E-state index contributed by atoms with van der Waals surface area (Å²) in [6.07, 6.45) is -11.1. The molecule has 0 unspecified atom stereocenters. The number of alkyl halides is 6. The highest BCUT2D eigenvalue weighted by atomic mass is 19.4. The smallest absolute Gasteiger partial charge is 0.417 e. The molecule has 16 heteroatoms. The van der Waals surface area contributed by atoms with Crippen LogP contribution in [0.2, 0.25) is 0 Å². The van der Waals surface area contributed by atoms with Crippen molar-refractivity contribution in [1.82, 2.24) is 4.98 Å². The number of halogens is 8. The van der Waals surface area contributed by atoms with E-state index in [1.807, 2.05) is 0 Å². The molecule has 1 aliphatic rings. The molecular weight excluding hydrogens is 562 g/mol. The molecule has 1 saturated heterocycles. The maximum absolute atomic E-state index is 14.9. The third-order valence-electron chi connectivity index (χ3n) is 6.76. The molecule has 0 aliphatic carbocycles. The number of anilines is 1. The minimum atomic E-state index is -5.09. The second-order valence-electron chi connectivity index (χ2n) is 9.25. The number of rotatable bonds is 8. The molecule has 0 radical (unpaired) electrons. The summed E-state index contributed by atoms with van der Waals surface area (Å²) in [5.74, 6) is -12.7. The Morgan fingerprint density at radius 2 is 1.85 bits per heavy atom. The van der Waals surface area contributed by atoms with Crippen LogP contribution in [0.3, 0.4) is 0 Å². The van der Waals surface area contributed by atoms with Crippen LogP contribution in [0.5, 0.6) is 5.75 Å². The van der Waals surface area contributed by atoms with Crippen molar-refractivity contribution in [2.75, 3.05) is 18.5 Å². The molecule has 4 N–H and O–H groups in total. The second kappa shape index (κ2) is 11.2. The van der Waals surface area contributed by atoms with E-state index in [9.17, 15) is 44.7 Å². The number of benzene rings is 1. The van der Waals surface area contributed by atoms with Crippen LogP contribution in [0.1, 0.15) is 35.8 Å². The van der Waals surface area contributed by atoms with Gasteiger partial charge in [0.05, 0.1) is 6.61 Å². The van der Waals surface area contributed by atoms with E-state index in [4.69, 9.17) is 20.3 Å². The van der Waals surface area contributed by atoms with Gasteiger partial charge in [-0.3, -0.25) is 14.6 Å². The van der Waals surface area contributed by atoms with Gasteiger partial charge in [-0.15, -0.1) is 0 Å². The molecule has 40 heavy (non-hydrogen) atoms. The van der Waals surface area contributed by atoms with Gasteiger partial charge in [-0.25, -0.2) is 4.39 Å². The number of aliphatic hydroxyl groups excluding tert-OH is 1. The van der Waals surface area contributed by atoms with Crippen LogP contribution < -0.4 is 15.8 Å². The van der Waals surface area contributed by atoms with Gasteiger partial charge < -0.3 is 25.6 Å². The predicted octanol–water partition coefficient (Wildman–Crippen LogP) is 4.09. The summed E-state index contributed by atoms with van der Waals surface area (Å²) in [5.41, 5.74) is 1.11. The normalized spacial score (nSPS) is 24.0. The van der Waals surface area contributed by atoms with Crippen LogP contribution in [-0.2, 0) is 9.53 Å². The summed E-state index contributed by atoms with van der Waals surface area (Å²) in [5, 5.41) is 11.3. The van der Waals surface area contributed by atoms with E-state index in [1.165, 1.54) is 6.07 Å². The molecule has 1 fully saturated rings. The summed E-state index contributed by atoms with van der Waals surface area (Å²) in [6, 6.07) is 3.49. The first-order valence-electron chi connectivity index (χ1n) is 11.5. The maximum Gasteiger partial charge on any atom is 0.417 e. The van der Waals surface area contributed by atoms with Crippen molar-refractivity contribution in [2.45, 2.75) is 43.8 Å². The number of ether oxygens (including phenoxy) is 2. The number of nitrogens with two attached hydrogens (primary N) is 1. The molecule has 2 amide bonds. The fourth-order valence-electron chi connectivity index (χ4n) is 4.27. The Morgan fingerprint density at radius 3 is 2.40 bits per heavy atom. The van der Waals surface area contributed by atoms with Crippen molar-refractivity contribution in [3.63, 3.8) is 0 Å². The van der Waals surface area contributed by atoms with Crippen molar-refractivity contribution < 1.29 is 59.3 Å². The van der Waals surface area contributed by atoms with Gasteiger partial charge in [0, 0.05) is 29.3 Å². The van der Waals surface area contributed by atoms with Crippen molar-refractivity contribution in [3.05, 3.63) is 53.4 Å². The number of nitrogens with zero attached hydrogens (tertiary/aromatic N) is 1. The van der Waals surface area contributed by atoms with E-state index < -0.39 is 89.8 Å². The van der Waals surface area contributed by atoms with Crippen LogP contribution in [-0.4, -0.2) is 59.2 Å². The zero-order valence-corrected chi connectivity index (χ0v) is 20.7. The summed E-state index contributed by atoms with van der Waals surface area (Å²) < 4.78 is 121. The molecule has 3 rings (SSSR count). The highest BCUT2D eigenvalue weighted by Crippen LogP contribution is 2.55. The molecule has 8 nitrogen and oxygen atoms in total. The van der Waals surface area contributed by atoms with E-state index in [1.54, 1.807) is 0 Å². The van der Waals surface area contributed by atoms with Crippen molar-refractivity contribution >= 4 is 17.5 Å². The number of nitrogens with one attached hydrogen (secondary N) is 1. The Labute approximate surface area is 221 Å². The predicted molar refractivity (Wildman–Crippen MR) is 121 cm³/mol. The highest BCUT2D eigenvalue weighted by molar-refractivity contribution is 5.97. The minimum Gasteiger partial charge on any atom is -0.489 e. The molecule has 2 aromatic rings. The minimum absolute atomic E-state index is 0.123. The lowest BCUT2D eigenvalue weighted by atomic mass is 9.77. The number of carbonyl (C=O) groups is 2.